The Balaban J connectivity index is 1.36. The lowest BCUT2D eigenvalue weighted by Crippen LogP contribution is -2.57. The monoisotopic (exact) mass is 611 g/mol. The van der Waals surface area contributed by atoms with E-state index >= 15 is 0 Å². The highest BCUT2D eigenvalue weighted by atomic mass is 32.2. The molecule has 0 bridgehead atoms. The van der Waals surface area contributed by atoms with Gasteiger partial charge in [0.15, 0.2) is 0 Å². The zero-order chi connectivity index (χ0) is 31.3. The fourth-order valence-corrected chi connectivity index (χ4v) is 6.35. The minimum Gasteiger partial charge on any atom is -0.355 e. The molecule has 234 valence electrons. The first-order chi connectivity index (χ1) is 20.3. The van der Waals surface area contributed by atoms with Crippen LogP contribution in [0.4, 0.5) is 5.69 Å². The number of carbonyl (C=O) groups is 3. The van der Waals surface area contributed by atoms with Gasteiger partial charge in [-0.3, -0.25) is 14.4 Å². The second-order valence-corrected chi connectivity index (χ2v) is 14.5. The second kappa shape index (κ2) is 13.5. The predicted octanol–water partition coefficient (Wildman–Crippen LogP) is 3.10. The number of likely N-dealkylation sites (tertiary alicyclic amines) is 1. The third kappa shape index (κ3) is 8.14. The van der Waals surface area contributed by atoms with Crippen LogP contribution in [0, 0.1) is 0 Å². The van der Waals surface area contributed by atoms with Crippen molar-refractivity contribution in [2.75, 3.05) is 50.5 Å². The molecule has 10 nitrogen and oxygen atoms in total. The SMILES string of the molecule is CC(C)(C)c1ccc(C(=O)N2CCC3(CC2)C(=O)N(CC(=O)NCCCCCNS(C)(=O)=O)CN3c2ccccc2)cc1. The second-order valence-electron chi connectivity index (χ2n) is 12.6. The summed E-state index contributed by atoms with van der Waals surface area (Å²) in [4.78, 5) is 45.7. The van der Waals surface area contributed by atoms with Gasteiger partial charge in [0.1, 0.15) is 12.1 Å². The molecule has 2 saturated heterocycles. The van der Waals surface area contributed by atoms with Crippen LogP contribution < -0.4 is 14.9 Å². The van der Waals surface area contributed by atoms with Crippen LogP contribution in [-0.2, 0) is 25.0 Å². The number of benzene rings is 2. The van der Waals surface area contributed by atoms with Crippen molar-refractivity contribution in [1.82, 2.24) is 19.8 Å². The van der Waals surface area contributed by atoms with Crippen molar-refractivity contribution >= 4 is 33.4 Å². The van der Waals surface area contributed by atoms with Crippen LogP contribution in [0.3, 0.4) is 0 Å². The van der Waals surface area contributed by atoms with Gasteiger partial charge in [-0.1, -0.05) is 57.5 Å². The zero-order valence-electron chi connectivity index (χ0n) is 25.8. The molecule has 0 saturated carbocycles. The summed E-state index contributed by atoms with van der Waals surface area (Å²) in [6.07, 6.45) is 4.26. The first-order valence-corrected chi connectivity index (χ1v) is 16.9. The number of hydrogen-bond acceptors (Lipinski definition) is 6. The normalized spacial score (nSPS) is 17.0. The molecular formula is C32H45N5O5S. The number of rotatable bonds is 11. The largest absolute Gasteiger partial charge is 0.355 e. The number of sulfonamides is 1. The van der Waals surface area contributed by atoms with Crippen LogP contribution in [0.15, 0.2) is 54.6 Å². The van der Waals surface area contributed by atoms with E-state index in [0.717, 1.165) is 18.4 Å². The Morgan fingerprint density at radius 1 is 0.907 bits per heavy atom. The van der Waals surface area contributed by atoms with Crippen molar-refractivity contribution in [1.29, 1.82) is 0 Å². The molecule has 2 aromatic rings. The Kier molecular flexibility index (Phi) is 10.2. The maximum Gasteiger partial charge on any atom is 0.253 e. The van der Waals surface area contributed by atoms with E-state index in [4.69, 9.17) is 0 Å². The van der Waals surface area contributed by atoms with E-state index in [0.29, 0.717) is 64.1 Å². The standard InChI is InChI=1S/C32H45N5O5S/c1-31(2,3)26-15-13-25(14-16-26)29(39)35-21-17-32(18-22-35)30(40)36(24-37(32)27-11-7-5-8-12-27)23-28(38)33-19-9-6-10-20-34-43(4,41)42/h5,7-8,11-16,34H,6,9-10,17-24H2,1-4H3,(H,33,38). The number of amides is 3. The Bertz CT molecular complexity index is 1380. The Labute approximate surface area is 255 Å². The molecule has 43 heavy (non-hydrogen) atoms. The number of nitrogens with one attached hydrogen (secondary N) is 2. The molecule has 0 aromatic heterocycles. The maximum atomic E-state index is 14.0. The van der Waals surface area contributed by atoms with Gasteiger partial charge < -0.3 is 20.0 Å². The quantitative estimate of drug-likeness (QED) is 0.377. The number of nitrogens with zero attached hydrogens (tertiary/aromatic N) is 3. The first-order valence-electron chi connectivity index (χ1n) is 15.0. The van der Waals surface area contributed by atoms with Gasteiger partial charge in [-0.25, -0.2) is 13.1 Å². The smallest absolute Gasteiger partial charge is 0.253 e. The summed E-state index contributed by atoms with van der Waals surface area (Å²) >= 11 is 0. The molecule has 0 unspecified atom stereocenters. The van der Waals surface area contributed by atoms with Gasteiger partial charge in [0.2, 0.25) is 15.9 Å². The molecule has 2 N–H and O–H groups in total. The fourth-order valence-electron chi connectivity index (χ4n) is 5.84. The third-order valence-electron chi connectivity index (χ3n) is 8.33. The number of hydrogen-bond donors (Lipinski definition) is 2. The number of carbonyl (C=O) groups excluding carboxylic acids is 3. The molecule has 0 radical (unpaired) electrons. The average Bonchev–Trinajstić information content (AvgIpc) is 3.22. The van der Waals surface area contributed by atoms with Crippen molar-refractivity contribution in [3.05, 3.63) is 65.7 Å². The molecule has 1 spiro atoms. The van der Waals surface area contributed by atoms with Gasteiger partial charge in [0.25, 0.3) is 11.8 Å². The van der Waals surface area contributed by atoms with E-state index in [1.54, 1.807) is 4.90 Å². The molecule has 11 heteroatoms. The molecule has 2 aliphatic rings. The first kappa shape index (κ1) is 32.5. The van der Waals surface area contributed by atoms with E-state index in [1.165, 1.54) is 5.56 Å². The van der Waals surface area contributed by atoms with Gasteiger partial charge in [0, 0.05) is 37.4 Å². The topological polar surface area (TPSA) is 119 Å². The predicted molar refractivity (Wildman–Crippen MR) is 168 cm³/mol. The van der Waals surface area contributed by atoms with Crippen molar-refractivity contribution < 1.29 is 22.8 Å². The molecule has 4 rings (SSSR count). The minimum atomic E-state index is -3.19. The minimum absolute atomic E-state index is 0.00482. The fraction of sp³-hybridized carbons (Fsp3) is 0.531. The summed E-state index contributed by atoms with van der Waals surface area (Å²) in [5.74, 6) is -0.339. The highest BCUT2D eigenvalue weighted by Gasteiger charge is 2.54. The molecule has 2 fully saturated rings. The molecule has 2 aliphatic heterocycles. The van der Waals surface area contributed by atoms with Crippen molar-refractivity contribution in [2.24, 2.45) is 0 Å². The number of unbranched alkanes of at least 4 members (excludes halogenated alkanes) is 2. The average molecular weight is 612 g/mol. The summed E-state index contributed by atoms with van der Waals surface area (Å²) < 4.78 is 24.8. The number of piperidine rings is 1. The lowest BCUT2D eigenvalue weighted by Gasteiger charge is -2.43. The molecule has 3 amide bonds. The van der Waals surface area contributed by atoms with Crippen LogP contribution in [0.2, 0.25) is 0 Å². The van der Waals surface area contributed by atoms with Gasteiger partial charge in [0.05, 0.1) is 12.9 Å². The van der Waals surface area contributed by atoms with Gasteiger partial charge in [-0.15, -0.1) is 0 Å². The van der Waals surface area contributed by atoms with E-state index in [-0.39, 0.29) is 29.7 Å². The van der Waals surface area contributed by atoms with Crippen molar-refractivity contribution in [3.63, 3.8) is 0 Å². The van der Waals surface area contributed by atoms with Gasteiger partial charge in [-0.2, -0.15) is 0 Å². The van der Waals surface area contributed by atoms with Crippen LogP contribution in [0.1, 0.15) is 68.8 Å². The Hall–Kier alpha value is -3.44. The van der Waals surface area contributed by atoms with Gasteiger partial charge in [-0.05, 0) is 60.9 Å². The number of para-hydroxylation sites is 1. The maximum absolute atomic E-state index is 14.0. The van der Waals surface area contributed by atoms with Crippen LogP contribution in [0.5, 0.6) is 0 Å². The molecule has 0 atom stereocenters. The summed E-state index contributed by atoms with van der Waals surface area (Å²) in [7, 11) is -3.19. The lowest BCUT2D eigenvalue weighted by molar-refractivity contribution is -0.137. The number of anilines is 1. The Morgan fingerprint density at radius 3 is 2.14 bits per heavy atom. The third-order valence-corrected chi connectivity index (χ3v) is 9.06. The molecule has 2 aromatic carbocycles. The molecule has 2 heterocycles. The summed E-state index contributed by atoms with van der Waals surface area (Å²) in [6.45, 7) is 8.42. The highest BCUT2D eigenvalue weighted by Crippen LogP contribution is 2.39. The zero-order valence-corrected chi connectivity index (χ0v) is 26.6. The summed E-state index contributed by atoms with van der Waals surface area (Å²) in [5.41, 5.74) is 1.92. The van der Waals surface area contributed by atoms with Crippen molar-refractivity contribution in [2.45, 2.75) is 63.8 Å². The Morgan fingerprint density at radius 2 is 1.53 bits per heavy atom. The van der Waals surface area contributed by atoms with Crippen LogP contribution >= 0.6 is 0 Å². The van der Waals surface area contributed by atoms with E-state index < -0.39 is 15.6 Å². The lowest BCUT2D eigenvalue weighted by atomic mass is 9.84. The van der Waals surface area contributed by atoms with E-state index in [1.807, 2.05) is 59.5 Å². The molecular weight excluding hydrogens is 566 g/mol. The van der Waals surface area contributed by atoms with E-state index in [9.17, 15) is 22.8 Å². The highest BCUT2D eigenvalue weighted by molar-refractivity contribution is 7.88. The van der Waals surface area contributed by atoms with Crippen molar-refractivity contribution in [3.8, 4) is 0 Å². The van der Waals surface area contributed by atoms with Crippen LogP contribution in [-0.4, -0.2) is 87.1 Å². The molecule has 0 aliphatic carbocycles. The van der Waals surface area contributed by atoms with Gasteiger partial charge >= 0.3 is 0 Å². The van der Waals surface area contributed by atoms with Crippen LogP contribution in [0.25, 0.3) is 0 Å². The summed E-state index contributed by atoms with van der Waals surface area (Å²) in [6, 6.07) is 17.6. The van der Waals surface area contributed by atoms with E-state index in [2.05, 4.69) is 35.7 Å². The summed E-state index contributed by atoms with van der Waals surface area (Å²) in [5, 5.41) is 2.89.